The Balaban J connectivity index is 2.20. The van der Waals surface area contributed by atoms with Gasteiger partial charge in [-0.2, -0.15) is 0 Å². The highest BCUT2D eigenvalue weighted by atomic mass is 35.5. The fourth-order valence-electron chi connectivity index (χ4n) is 2.18. The molecule has 2 aromatic carbocycles. The monoisotopic (exact) mass is 351 g/mol. The van der Waals surface area contributed by atoms with E-state index in [1.165, 1.54) is 0 Å². The van der Waals surface area contributed by atoms with Crippen LogP contribution in [0.15, 0.2) is 60.7 Å². The quantitative estimate of drug-likeness (QED) is 0.577. The average Bonchev–Trinajstić information content (AvgIpc) is 2.55. The van der Waals surface area contributed by atoms with Gasteiger partial charge in [0, 0.05) is 6.54 Å². The Hall–Kier alpha value is -1.55. The molecule has 0 aromatic heterocycles. The number of hydrogen-bond acceptors (Lipinski definition) is 3. The van der Waals surface area contributed by atoms with Gasteiger partial charge < -0.3 is 9.64 Å². The van der Waals surface area contributed by atoms with Gasteiger partial charge >= 0.3 is 5.97 Å². The van der Waals surface area contributed by atoms with Gasteiger partial charge in [0.2, 0.25) is 4.33 Å². The molecule has 0 heterocycles. The lowest BCUT2D eigenvalue weighted by atomic mass is 10.1. The predicted molar refractivity (Wildman–Crippen MR) is 93.7 cm³/mol. The van der Waals surface area contributed by atoms with E-state index in [9.17, 15) is 4.79 Å². The van der Waals surface area contributed by atoms with Crippen molar-refractivity contribution in [3.63, 3.8) is 0 Å². The number of alkyl halides is 2. The van der Waals surface area contributed by atoms with Crippen molar-refractivity contribution in [2.24, 2.45) is 0 Å². The van der Waals surface area contributed by atoms with Gasteiger partial charge in [0.15, 0.2) is 0 Å². The number of benzene rings is 2. The van der Waals surface area contributed by atoms with Gasteiger partial charge in [0.25, 0.3) is 0 Å². The summed E-state index contributed by atoms with van der Waals surface area (Å²) in [5.41, 5.74) is 1.39. The maximum atomic E-state index is 12.5. The van der Waals surface area contributed by atoms with Crippen LogP contribution in [0.2, 0.25) is 0 Å². The van der Waals surface area contributed by atoms with Crippen molar-refractivity contribution in [2.75, 3.05) is 20.6 Å². The van der Waals surface area contributed by atoms with E-state index in [0.717, 1.165) is 5.56 Å². The first kappa shape index (κ1) is 17.8. The van der Waals surface area contributed by atoms with Crippen LogP contribution in [0.1, 0.15) is 17.2 Å². The van der Waals surface area contributed by atoms with Crippen molar-refractivity contribution < 1.29 is 9.53 Å². The average molecular weight is 352 g/mol. The highest BCUT2D eigenvalue weighted by Crippen LogP contribution is 2.36. The van der Waals surface area contributed by atoms with E-state index in [0.29, 0.717) is 12.1 Å². The lowest BCUT2D eigenvalue weighted by molar-refractivity contribution is -0.151. The SMILES string of the molecule is CN(C)C[C@H](OC(=O)C(Cl)(Cl)c1ccccc1)c1ccccc1. The minimum absolute atomic E-state index is 0.445. The first-order valence-corrected chi connectivity index (χ1v) is 8.01. The summed E-state index contributed by atoms with van der Waals surface area (Å²) in [5, 5.41) is 0. The zero-order chi connectivity index (χ0) is 16.9. The van der Waals surface area contributed by atoms with E-state index in [2.05, 4.69) is 0 Å². The Morgan fingerprint density at radius 1 is 1.04 bits per heavy atom. The van der Waals surface area contributed by atoms with Crippen molar-refractivity contribution in [2.45, 2.75) is 10.4 Å². The van der Waals surface area contributed by atoms with Crippen molar-refractivity contribution in [1.29, 1.82) is 0 Å². The fourth-order valence-corrected chi connectivity index (χ4v) is 2.52. The number of rotatable bonds is 6. The maximum Gasteiger partial charge on any atom is 0.348 e. The zero-order valence-electron chi connectivity index (χ0n) is 13.1. The fraction of sp³-hybridized carbons (Fsp3) is 0.278. The van der Waals surface area contributed by atoms with E-state index in [1.54, 1.807) is 24.3 Å². The first-order valence-electron chi connectivity index (χ1n) is 7.25. The molecule has 2 aromatic rings. The minimum atomic E-state index is -1.74. The molecule has 0 aliphatic carbocycles. The number of likely N-dealkylation sites (N-methyl/N-ethyl adjacent to an activating group) is 1. The van der Waals surface area contributed by atoms with Gasteiger partial charge in [-0.3, -0.25) is 0 Å². The molecule has 122 valence electrons. The summed E-state index contributed by atoms with van der Waals surface area (Å²) in [5.74, 6) is -0.678. The Morgan fingerprint density at radius 2 is 1.57 bits per heavy atom. The molecule has 0 N–H and O–H groups in total. The predicted octanol–water partition coefficient (Wildman–Crippen LogP) is 4.16. The number of nitrogens with zero attached hydrogens (tertiary/aromatic N) is 1. The number of esters is 1. The summed E-state index contributed by atoms with van der Waals surface area (Å²) in [6.45, 7) is 0.536. The molecule has 0 unspecified atom stereocenters. The molecule has 0 aliphatic rings. The van der Waals surface area contributed by atoms with Crippen LogP contribution in [0.4, 0.5) is 0 Å². The van der Waals surface area contributed by atoms with Crippen molar-refractivity contribution >= 4 is 29.2 Å². The van der Waals surface area contributed by atoms with E-state index in [-0.39, 0.29) is 0 Å². The molecular formula is C18H19Cl2NO2. The summed E-state index contributed by atoms with van der Waals surface area (Å²) < 4.78 is 3.89. The van der Waals surface area contributed by atoms with Crippen molar-refractivity contribution in [3.05, 3.63) is 71.8 Å². The topological polar surface area (TPSA) is 29.5 Å². The molecule has 0 saturated heterocycles. The molecule has 2 rings (SSSR count). The lowest BCUT2D eigenvalue weighted by Crippen LogP contribution is -2.31. The van der Waals surface area contributed by atoms with Crippen LogP contribution in [0.5, 0.6) is 0 Å². The van der Waals surface area contributed by atoms with E-state index >= 15 is 0 Å². The number of carbonyl (C=O) groups is 1. The van der Waals surface area contributed by atoms with Crippen molar-refractivity contribution in [3.8, 4) is 0 Å². The Kier molecular flexibility index (Phi) is 6.05. The molecule has 0 radical (unpaired) electrons. The normalized spacial score (nSPS) is 12.9. The van der Waals surface area contributed by atoms with Crippen molar-refractivity contribution in [1.82, 2.24) is 4.90 Å². The van der Waals surface area contributed by atoms with Crippen LogP contribution < -0.4 is 0 Å². The van der Waals surface area contributed by atoms with Gasteiger partial charge in [-0.1, -0.05) is 83.9 Å². The number of carbonyl (C=O) groups excluding carboxylic acids is 1. The van der Waals surface area contributed by atoms with Gasteiger partial charge in [0.05, 0.1) is 0 Å². The van der Waals surface area contributed by atoms with E-state index < -0.39 is 16.4 Å². The molecule has 0 saturated carbocycles. The Labute approximate surface area is 146 Å². The first-order chi connectivity index (χ1) is 10.9. The summed E-state index contributed by atoms with van der Waals surface area (Å²) in [7, 11) is 3.82. The summed E-state index contributed by atoms with van der Waals surface area (Å²) >= 11 is 12.5. The smallest absolute Gasteiger partial charge is 0.348 e. The molecule has 0 aliphatic heterocycles. The minimum Gasteiger partial charge on any atom is -0.454 e. The zero-order valence-corrected chi connectivity index (χ0v) is 14.6. The number of halogens is 2. The maximum absolute atomic E-state index is 12.5. The van der Waals surface area contributed by atoms with Crippen LogP contribution in [0.25, 0.3) is 0 Å². The van der Waals surface area contributed by atoms with Crippen LogP contribution in [0.3, 0.4) is 0 Å². The third kappa shape index (κ3) is 4.71. The highest BCUT2D eigenvalue weighted by Gasteiger charge is 2.39. The van der Waals surface area contributed by atoms with Crippen LogP contribution >= 0.6 is 23.2 Å². The molecule has 23 heavy (non-hydrogen) atoms. The number of hydrogen-bond donors (Lipinski definition) is 0. The largest absolute Gasteiger partial charge is 0.454 e. The Bertz CT molecular complexity index is 630. The third-order valence-corrected chi connectivity index (χ3v) is 4.09. The van der Waals surface area contributed by atoms with E-state index in [4.69, 9.17) is 27.9 Å². The van der Waals surface area contributed by atoms with Gasteiger partial charge in [-0.25, -0.2) is 4.79 Å². The second-order valence-corrected chi connectivity index (χ2v) is 6.83. The third-order valence-electron chi connectivity index (χ3n) is 3.34. The van der Waals surface area contributed by atoms with Crippen LogP contribution in [-0.2, 0) is 13.9 Å². The molecular weight excluding hydrogens is 333 g/mol. The Morgan fingerprint density at radius 3 is 2.09 bits per heavy atom. The molecule has 0 amide bonds. The highest BCUT2D eigenvalue weighted by molar-refractivity contribution is 6.56. The van der Waals surface area contributed by atoms with Gasteiger partial charge in [-0.05, 0) is 25.2 Å². The number of ether oxygens (including phenoxy) is 1. The van der Waals surface area contributed by atoms with E-state index in [1.807, 2.05) is 55.4 Å². The lowest BCUT2D eigenvalue weighted by Gasteiger charge is -2.26. The molecule has 0 spiro atoms. The van der Waals surface area contributed by atoms with Crippen LogP contribution in [-0.4, -0.2) is 31.5 Å². The second kappa shape index (κ2) is 7.82. The standard InChI is InChI=1S/C18H19Cl2NO2/c1-21(2)13-16(14-9-5-3-6-10-14)23-17(22)18(19,20)15-11-7-4-8-12-15/h3-12,16H,13H2,1-2H3/t16-/m0/s1. The molecule has 0 fully saturated rings. The molecule has 3 nitrogen and oxygen atoms in total. The second-order valence-electron chi connectivity index (χ2n) is 5.51. The summed E-state index contributed by atoms with van der Waals surface area (Å²) in [4.78, 5) is 14.5. The van der Waals surface area contributed by atoms with Gasteiger partial charge in [0.1, 0.15) is 6.10 Å². The summed E-state index contributed by atoms with van der Waals surface area (Å²) in [6, 6.07) is 18.3. The molecule has 1 atom stereocenters. The molecule has 5 heteroatoms. The summed E-state index contributed by atoms with van der Waals surface area (Å²) in [6.07, 6.45) is -0.445. The van der Waals surface area contributed by atoms with Crippen LogP contribution in [0, 0.1) is 0 Å². The molecule has 0 bridgehead atoms. The van der Waals surface area contributed by atoms with Gasteiger partial charge in [-0.15, -0.1) is 0 Å².